The van der Waals surface area contributed by atoms with Crippen LogP contribution in [0.1, 0.15) is 17.3 Å². The van der Waals surface area contributed by atoms with Gasteiger partial charge in [0.2, 0.25) is 0 Å². The Balaban J connectivity index is 2.43. The summed E-state index contributed by atoms with van der Waals surface area (Å²) < 4.78 is 0. The highest BCUT2D eigenvalue weighted by atomic mass is 16.1. The zero-order chi connectivity index (χ0) is 8.10. The normalized spacial score (nSPS) is 9.91. The van der Waals surface area contributed by atoms with Crippen LogP contribution in [0.2, 0.25) is 0 Å². The van der Waals surface area contributed by atoms with Crippen molar-refractivity contribution in [2.24, 2.45) is 0 Å². The molecule has 0 fully saturated rings. The molecule has 2 N–H and O–H groups in total. The van der Waals surface area contributed by atoms with Crippen molar-refractivity contribution in [2.75, 3.05) is 13.1 Å². The highest BCUT2D eigenvalue weighted by molar-refractivity contribution is 5.97. The van der Waals surface area contributed by atoms with Gasteiger partial charge in [-0.2, -0.15) is 0 Å². The van der Waals surface area contributed by atoms with Crippen molar-refractivity contribution in [1.29, 1.82) is 0 Å². The first-order valence-electron chi connectivity index (χ1n) is 3.71. The molecule has 3 nitrogen and oxygen atoms in total. The Labute approximate surface area is 65.8 Å². The number of carbonyl (C=O) groups excluding carboxylic acids is 1. The van der Waals surface area contributed by atoms with E-state index >= 15 is 0 Å². The van der Waals surface area contributed by atoms with E-state index < -0.39 is 0 Å². The zero-order valence-corrected chi connectivity index (χ0v) is 6.55. The van der Waals surface area contributed by atoms with Gasteiger partial charge in [0.05, 0.1) is 6.54 Å². The van der Waals surface area contributed by atoms with E-state index in [1.807, 2.05) is 6.92 Å². The standard InChI is InChI=1S/C8H12N2O/c1-2-9-6-8(11)7-3-4-10-5-7/h3-5,9-10H,2,6H2,1H3. The van der Waals surface area contributed by atoms with Gasteiger partial charge in [-0.15, -0.1) is 0 Å². The maximum absolute atomic E-state index is 11.2. The molecule has 1 heterocycles. The third kappa shape index (κ3) is 2.20. The quantitative estimate of drug-likeness (QED) is 0.627. The van der Waals surface area contributed by atoms with Crippen molar-refractivity contribution in [2.45, 2.75) is 6.92 Å². The van der Waals surface area contributed by atoms with E-state index in [0.717, 1.165) is 12.1 Å². The summed E-state index contributed by atoms with van der Waals surface area (Å²) in [6.45, 7) is 3.23. The summed E-state index contributed by atoms with van der Waals surface area (Å²) in [5.41, 5.74) is 0.742. The number of nitrogens with one attached hydrogen (secondary N) is 2. The summed E-state index contributed by atoms with van der Waals surface area (Å²) in [4.78, 5) is 14.0. The van der Waals surface area contributed by atoms with Crippen molar-refractivity contribution in [1.82, 2.24) is 10.3 Å². The first-order chi connectivity index (χ1) is 5.34. The molecular formula is C8H12N2O. The van der Waals surface area contributed by atoms with Crippen molar-refractivity contribution >= 4 is 5.78 Å². The van der Waals surface area contributed by atoms with Crippen molar-refractivity contribution in [3.05, 3.63) is 24.0 Å². The van der Waals surface area contributed by atoms with Crippen LogP contribution < -0.4 is 5.32 Å². The Kier molecular flexibility index (Phi) is 2.86. The maximum Gasteiger partial charge on any atom is 0.178 e. The number of aromatic amines is 1. The molecule has 60 valence electrons. The fourth-order valence-corrected chi connectivity index (χ4v) is 0.838. The van der Waals surface area contributed by atoms with Crippen molar-refractivity contribution < 1.29 is 4.79 Å². The monoisotopic (exact) mass is 152 g/mol. The van der Waals surface area contributed by atoms with Gasteiger partial charge in [0.25, 0.3) is 0 Å². The van der Waals surface area contributed by atoms with Gasteiger partial charge >= 0.3 is 0 Å². The summed E-state index contributed by atoms with van der Waals surface area (Å²) in [7, 11) is 0. The first kappa shape index (κ1) is 8.01. The Bertz CT molecular complexity index is 216. The van der Waals surface area contributed by atoms with E-state index in [2.05, 4.69) is 10.3 Å². The number of ketones is 1. The third-order valence-electron chi connectivity index (χ3n) is 1.46. The molecule has 0 saturated carbocycles. The van der Waals surface area contributed by atoms with Crippen molar-refractivity contribution in [3.63, 3.8) is 0 Å². The number of rotatable bonds is 4. The lowest BCUT2D eigenvalue weighted by atomic mass is 10.2. The largest absolute Gasteiger partial charge is 0.367 e. The van der Waals surface area contributed by atoms with Crippen LogP contribution in [-0.4, -0.2) is 23.9 Å². The minimum atomic E-state index is 0.133. The highest BCUT2D eigenvalue weighted by Gasteiger charge is 2.02. The second-order valence-corrected chi connectivity index (χ2v) is 2.30. The molecule has 0 amide bonds. The molecule has 0 aliphatic heterocycles. The molecule has 0 spiro atoms. The number of hydrogen-bond acceptors (Lipinski definition) is 2. The second kappa shape index (κ2) is 3.93. The third-order valence-corrected chi connectivity index (χ3v) is 1.46. The number of likely N-dealkylation sites (N-methyl/N-ethyl adjacent to an activating group) is 1. The number of Topliss-reactive ketones (excluding diaryl/α,β-unsaturated/α-hetero) is 1. The van der Waals surface area contributed by atoms with E-state index in [1.165, 1.54) is 0 Å². The average molecular weight is 152 g/mol. The molecule has 1 rings (SSSR count). The summed E-state index contributed by atoms with van der Waals surface area (Å²) >= 11 is 0. The molecule has 1 aromatic rings. The zero-order valence-electron chi connectivity index (χ0n) is 6.55. The Morgan fingerprint density at radius 2 is 2.55 bits per heavy atom. The minimum absolute atomic E-state index is 0.133. The molecule has 0 aromatic carbocycles. The van der Waals surface area contributed by atoms with Gasteiger partial charge in [-0.3, -0.25) is 4.79 Å². The fourth-order valence-electron chi connectivity index (χ4n) is 0.838. The molecule has 0 aliphatic rings. The van der Waals surface area contributed by atoms with Crippen molar-refractivity contribution in [3.8, 4) is 0 Å². The molecule has 0 radical (unpaired) electrons. The van der Waals surface area contributed by atoms with Crippen LogP contribution in [0.15, 0.2) is 18.5 Å². The smallest absolute Gasteiger partial charge is 0.178 e. The van der Waals surface area contributed by atoms with Gasteiger partial charge in [-0.1, -0.05) is 6.92 Å². The molecule has 0 aliphatic carbocycles. The van der Waals surface area contributed by atoms with E-state index in [4.69, 9.17) is 0 Å². The van der Waals surface area contributed by atoms with E-state index in [9.17, 15) is 4.79 Å². The topological polar surface area (TPSA) is 44.9 Å². The highest BCUT2D eigenvalue weighted by Crippen LogP contribution is 1.96. The van der Waals surface area contributed by atoms with E-state index in [1.54, 1.807) is 18.5 Å². The first-order valence-corrected chi connectivity index (χ1v) is 3.71. The molecule has 0 unspecified atom stereocenters. The predicted octanol–water partition coefficient (Wildman–Crippen LogP) is 0.807. The molecule has 11 heavy (non-hydrogen) atoms. The minimum Gasteiger partial charge on any atom is -0.367 e. The van der Waals surface area contributed by atoms with Gasteiger partial charge in [-0.05, 0) is 12.6 Å². The van der Waals surface area contributed by atoms with Crippen LogP contribution in [-0.2, 0) is 0 Å². The molecule has 0 saturated heterocycles. The van der Waals surface area contributed by atoms with Crippen LogP contribution in [0.5, 0.6) is 0 Å². The van der Waals surface area contributed by atoms with Crippen LogP contribution in [0.25, 0.3) is 0 Å². The summed E-state index contributed by atoms with van der Waals surface area (Å²) in [5.74, 6) is 0.133. The Morgan fingerprint density at radius 3 is 3.09 bits per heavy atom. The van der Waals surface area contributed by atoms with Crippen LogP contribution in [0.3, 0.4) is 0 Å². The predicted molar refractivity (Wildman–Crippen MR) is 43.7 cm³/mol. The van der Waals surface area contributed by atoms with Crippen LogP contribution in [0, 0.1) is 0 Å². The Morgan fingerprint density at radius 1 is 1.73 bits per heavy atom. The molecule has 3 heteroatoms. The van der Waals surface area contributed by atoms with Gasteiger partial charge in [0.1, 0.15) is 0 Å². The lowest BCUT2D eigenvalue weighted by Crippen LogP contribution is -2.22. The van der Waals surface area contributed by atoms with Crippen LogP contribution in [0.4, 0.5) is 0 Å². The lowest BCUT2D eigenvalue weighted by molar-refractivity contribution is 0.0992. The second-order valence-electron chi connectivity index (χ2n) is 2.30. The van der Waals surface area contributed by atoms with E-state index in [0.29, 0.717) is 6.54 Å². The van der Waals surface area contributed by atoms with Gasteiger partial charge in [-0.25, -0.2) is 0 Å². The van der Waals surface area contributed by atoms with Gasteiger partial charge in [0, 0.05) is 18.0 Å². The molecule has 0 bridgehead atoms. The van der Waals surface area contributed by atoms with Gasteiger partial charge in [0.15, 0.2) is 5.78 Å². The summed E-state index contributed by atoms with van der Waals surface area (Å²) in [6, 6.07) is 1.78. The molecular weight excluding hydrogens is 140 g/mol. The average Bonchev–Trinajstić information content (AvgIpc) is 2.52. The number of H-pyrrole nitrogens is 1. The molecule has 0 atom stereocenters. The van der Waals surface area contributed by atoms with Crippen LogP contribution >= 0.6 is 0 Å². The number of hydrogen-bond donors (Lipinski definition) is 2. The SMILES string of the molecule is CCNCC(=O)c1cc[nH]c1. The Hall–Kier alpha value is -1.09. The van der Waals surface area contributed by atoms with E-state index in [-0.39, 0.29) is 5.78 Å². The number of aromatic nitrogens is 1. The maximum atomic E-state index is 11.2. The summed E-state index contributed by atoms with van der Waals surface area (Å²) in [6.07, 6.45) is 3.46. The van der Waals surface area contributed by atoms with Gasteiger partial charge < -0.3 is 10.3 Å². The lowest BCUT2D eigenvalue weighted by Gasteiger charge is -1.96. The fraction of sp³-hybridized carbons (Fsp3) is 0.375. The molecule has 1 aromatic heterocycles. The number of carbonyl (C=O) groups is 1. The summed E-state index contributed by atoms with van der Waals surface area (Å²) in [5, 5.41) is 2.97.